The molecule has 0 aromatic carbocycles. The van der Waals surface area contributed by atoms with Crippen LogP contribution in [0, 0.1) is 0 Å². The molecule has 0 atom stereocenters. The van der Waals surface area contributed by atoms with Gasteiger partial charge in [-0.3, -0.25) is 0 Å². The zero-order chi connectivity index (χ0) is 15.0. The molecule has 0 unspecified atom stereocenters. The summed E-state index contributed by atoms with van der Waals surface area (Å²) in [5, 5.41) is 3.34. The monoisotopic (exact) mass is 280 g/mol. The third-order valence-electron chi connectivity index (χ3n) is 3.26. The molecule has 0 amide bonds. The molecule has 4 N–H and O–H groups in total. The first-order chi connectivity index (χ1) is 9.60. The van der Waals surface area contributed by atoms with Crippen LogP contribution in [0.3, 0.4) is 0 Å². The largest absolute Gasteiger partial charge is 0.370 e. The highest BCUT2D eigenvalue weighted by Gasteiger charge is 2.07. The molecule has 1 rings (SSSR count). The van der Waals surface area contributed by atoms with Crippen molar-refractivity contribution >= 4 is 11.6 Å². The summed E-state index contributed by atoms with van der Waals surface area (Å²) in [5.41, 5.74) is 2.59. The molecule has 0 saturated heterocycles. The van der Waals surface area contributed by atoms with E-state index in [4.69, 9.17) is 5.84 Å². The highest BCUT2D eigenvalue weighted by Crippen LogP contribution is 2.16. The molecule has 0 bridgehead atoms. The minimum absolute atomic E-state index is 0.277. The second-order valence-electron chi connectivity index (χ2n) is 5.10. The highest BCUT2D eigenvalue weighted by atomic mass is 15.3. The van der Waals surface area contributed by atoms with E-state index in [9.17, 15) is 0 Å². The van der Waals surface area contributed by atoms with Crippen molar-refractivity contribution < 1.29 is 0 Å². The van der Waals surface area contributed by atoms with Gasteiger partial charge in [-0.1, -0.05) is 27.7 Å². The lowest BCUT2D eigenvalue weighted by Gasteiger charge is -2.18. The highest BCUT2D eigenvalue weighted by molar-refractivity contribution is 5.47. The quantitative estimate of drug-likeness (QED) is 0.365. The first-order valence-corrected chi connectivity index (χ1v) is 7.42. The smallest absolute Gasteiger partial charge is 0.145 e. The first-order valence-electron chi connectivity index (χ1n) is 7.42. The lowest BCUT2D eigenvalue weighted by molar-refractivity contribution is 0.303. The van der Waals surface area contributed by atoms with Gasteiger partial charge >= 0.3 is 0 Å². The van der Waals surface area contributed by atoms with Gasteiger partial charge in [-0.05, 0) is 26.1 Å². The second kappa shape index (κ2) is 8.71. The molecule has 0 saturated carbocycles. The summed E-state index contributed by atoms with van der Waals surface area (Å²) in [7, 11) is 0. The van der Waals surface area contributed by atoms with Crippen molar-refractivity contribution in [1.29, 1.82) is 0 Å². The number of hydrogen-bond donors (Lipinski definition) is 3. The van der Waals surface area contributed by atoms with Crippen molar-refractivity contribution in [2.24, 2.45) is 5.84 Å². The summed E-state index contributed by atoms with van der Waals surface area (Å²) in [4.78, 5) is 11.3. The maximum Gasteiger partial charge on any atom is 0.145 e. The van der Waals surface area contributed by atoms with Crippen LogP contribution < -0.4 is 16.6 Å². The van der Waals surface area contributed by atoms with Crippen LogP contribution in [0.1, 0.15) is 45.9 Å². The number of nitrogens with zero attached hydrogens (tertiary/aromatic N) is 3. The molecule has 1 aromatic rings. The van der Waals surface area contributed by atoms with E-state index in [1.54, 1.807) is 0 Å². The van der Waals surface area contributed by atoms with Crippen LogP contribution in [0.4, 0.5) is 11.6 Å². The Balaban J connectivity index is 2.52. The molecule has 0 aliphatic rings. The number of nitrogens with one attached hydrogen (secondary N) is 2. The van der Waals surface area contributed by atoms with Crippen molar-refractivity contribution in [2.45, 2.75) is 40.0 Å². The van der Waals surface area contributed by atoms with Crippen molar-refractivity contribution in [2.75, 3.05) is 36.9 Å². The van der Waals surface area contributed by atoms with Gasteiger partial charge in [0.2, 0.25) is 0 Å². The van der Waals surface area contributed by atoms with Gasteiger partial charge in [0.05, 0.1) is 0 Å². The number of nitrogen functional groups attached to an aromatic ring is 1. The fraction of sp³-hybridized carbons (Fsp3) is 0.714. The van der Waals surface area contributed by atoms with E-state index in [0.717, 1.165) is 44.2 Å². The number of hydrazine groups is 1. The van der Waals surface area contributed by atoms with Crippen molar-refractivity contribution in [1.82, 2.24) is 14.9 Å². The number of anilines is 2. The van der Waals surface area contributed by atoms with Gasteiger partial charge in [0.25, 0.3) is 0 Å². The molecule has 0 spiro atoms. The lowest BCUT2D eigenvalue weighted by Crippen LogP contribution is -2.25. The van der Waals surface area contributed by atoms with Crippen molar-refractivity contribution in [3.8, 4) is 0 Å². The van der Waals surface area contributed by atoms with Crippen molar-refractivity contribution in [3.63, 3.8) is 0 Å². The number of rotatable bonds is 9. The number of aromatic nitrogens is 2. The average Bonchev–Trinajstić information content (AvgIpc) is 2.47. The molecule has 1 heterocycles. The van der Waals surface area contributed by atoms with E-state index in [1.807, 2.05) is 6.07 Å². The van der Waals surface area contributed by atoms with Gasteiger partial charge in [-0.15, -0.1) is 0 Å². The minimum Gasteiger partial charge on any atom is -0.370 e. The summed E-state index contributed by atoms with van der Waals surface area (Å²) in [6.07, 6.45) is 1.09. The zero-order valence-electron chi connectivity index (χ0n) is 13.1. The summed E-state index contributed by atoms with van der Waals surface area (Å²) < 4.78 is 0. The summed E-state index contributed by atoms with van der Waals surface area (Å²) in [5.74, 6) is 8.00. The Kier molecular flexibility index (Phi) is 7.25. The maximum atomic E-state index is 5.44. The second-order valence-corrected chi connectivity index (χ2v) is 5.10. The van der Waals surface area contributed by atoms with E-state index in [1.165, 1.54) is 0 Å². The van der Waals surface area contributed by atoms with Crippen molar-refractivity contribution in [3.05, 3.63) is 11.9 Å². The zero-order valence-corrected chi connectivity index (χ0v) is 13.1. The number of nitrogens with two attached hydrogens (primary N) is 1. The van der Waals surface area contributed by atoms with Crippen LogP contribution in [-0.2, 0) is 0 Å². The van der Waals surface area contributed by atoms with E-state index in [0.29, 0.717) is 5.82 Å². The SMILES string of the molecule is CCN(CC)CCCNc1cc(NN)nc(C(C)C)n1. The molecule has 1 aromatic heterocycles. The number of hydrogen-bond acceptors (Lipinski definition) is 6. The van der Waals surface area contributed by atoms with Gasteiger partial charge < -0.3 is 15.6 Å². The van der Waals surface area contributed by atoms with E-state index >= 15 is 0 Å². The van der Waals surface area contributed by atoms with E-state index in [-0.39, 0.29) is 5.92 Å². The van der Waals surface area contributed by atoms with E-state index < -0.39 is 0 Å². The Morgan fingerprint density at radius 2 is 1.85 bits per heavy atom. The fourth-order valence-corrected chi connectivity index (χ4v) is 1.95. The van der Waals surface area contributed by atoms with Crippen LogP contribution in [0.5, 0.6) is 0 Å². The molecule has 6 heteroatoms. The minimum atomic E-state index is 0.277. The van der Waals surface area contributed by atoms with Crippen LogP contribution >= 0.6 is 0 Å². The Hall–Kier alpha value is -1.40. The Morgan fingerprint density at radius 1 is 1.20 bits per heavy atom. The normalized spacial score (nSPS) is 11.2. The van der Waals surface area contributed by atoms with Crippen LogP contribution in [0.2, 0.25) is 0 Å². The molecule has 0 aliphatic carbocycles. The molecule has 6 nitrogen and oxygen atoms in total. The summed E-state index contributed by atoms with van der Waals surface area (Å²) in [6, 6.07) is 1.84. The predicted molar refractivity (Wildman–Crippen MR) is 84.8 cm³/mol. The van der Waals surface area contributed by atoms with Gasteiger partial charge in [0.1, 0.15) is 17.5 Å². The molecule has 0 fully saturated rings. The summed E-state index contributed by atoms with van der Waals surface area (Å²) >= 11 is 0. The topological polar surface area (TPSA) is 79.1 Å². The Morgan fingerprint density at radius 3 is 2.40 bits per heavy atom. The van der Waals surface area contributed by atoms with Crippen LogP contribution in [0.25, 0.3) is 0 Å². The maximum absolute atomic E-state index is 5.44. The third kappa shape index (κ3) is 5.30. The van der Waals surface area contributed by atoms with E-state index in [2.05, 4.69) is 53.3 Å². The average molecular weight is 280 g/mol. The lowest BCUT2D eigenvalue weighted by atomic mass is 10.2. The standard InChI is InChI=1S/C14H28N6/c1-5-20(6-2)9-7-8-16-12-10-13(19-15)18-14(17-12)11(3)4/h10-11H,5-9,15H2,1-4H3,(H2,16,17,18,19). The Labute approximate surface area is 122 Å². The Bertz CT molecular complexity index is 389. The molecule has 20 heavy (non-hydrogen) atoms. The van der Waals surface area contributed by atoms with Crippen LogP contribution in [0.15, 0.2) is 6.07 Å². The van der Waals surface area contributed by atoms with Gasteiger partial charge in [-0.25, -0.2) is 15.8 Å². The molecular formula is C14H28N6. The van der Waals surface area contributed by atoms with Gasteiger partial charge in [-0.2, -0.15) is 0 Å². The first kappa shape index (κ1) is 16.7. The molecule has 114 valence electrons. The fourth-order valence-electron chi connectivity index (χ4n) is 1.95. The predicted octanol–water partition coefficient (Wildman–Crippen LogP) is 2.03. The van der Waals surface area contributed by atoms with Crippen LogP contribution in [-0.4, -0.2) is 41.0 Å². The summed E-state index contributed by atoms with van der Waals surface area (Å²) in [6.45, 7) is 12.7. The van der Waals surface area contributed by atoms with Gasteiger partial charge in [0.15, 0.2) is 0 Å². The molecule has 0 aliphatic heterocycles. The third-order valence-corrected chi connectivity index (χ3v) is 3.26. The van der Waals surface area contributed by atoms with Gasteiger partial charge in [0, 0.05) is 18.5 Å². The molecule has 0 radical (unpaired) electrons. The molecular weight excluding hydrogens is 252 g/mol.